The van der Waals surface area contributed by atoms with Gasteiger partial charge in [0, 0.05) is 25.2 Å². The van der Waals surface area contributed by atoms with Gasteiger partial charge in [0.1, 0.15) is 49.3 Å². The van der Waals surface area contributed by atoms with E-state index in [2.05, 4.69) is 0 Å². The number of halogens is 6. The maximum Gasteiger partial charge on any atom is 0.509 e. The molecule has 0 spiro atoms. The van der Waals surface area contributed by atoms with Crippen molar-refractivity contribution in [3.8, 4) is 0 Å². The predicted molar refractivity (Wildman–Crippen MR) is 263 cm³/mol. The summed E-state index contributed by atoms with van der Waals surface area (Å²) in [5, 5.41) is 26.1. The van der Waals surface area contributed by atoms with Crippen molar-refractivity contribution in [2.45, 2.75) is 128 Å². The third-order valence-electron chi connectivity index (χ3n) is 14.5. The van der Waals surface area contributed by atoms with Crippen LogP contribution in [0.5, 0.6) is 0 Å². The molecule has 26 heteroatoms. The second-order valence-electron chi connectivity index (χ2n) is 19.9. The number of aliphatic hydroxyl groups is 2. The highest BCUT2D eigenvalue weighted by atomic mass is 35.6. The first kappa shape index (κ1) is 58.1. The normalized spacial score (nSPS) is 30.6. The highest BCUT2D eigenvalue weighted by molar-refractivity contribution is 6.68. The van der Waals surface area contributed by atoms with Gasteiger partial charge in [0.15, 0.2) is 29.2 Å². The third kappa shape index (κ3) is 11.0. The van der Waals surface area contributed by atoms with Crippen LogP contribution in [0.2, 0.25) is 0 Å². The Balaban J connectivity index is 1.47. The lowest BCUT2D eigenvalue weighted by molar-refractivity contribution is -0.346. The van der Waals surface area contributed by atoms with Gasteiger partial charge in [-0.3, -0.25) is 14.4 Å². The number of hydrogen-bond acceptors (Lipinski definition) is 19. The highest BCUT2D eigenvalue weighted by Gasteiger charge is 2.79. The standard InChI is InChI=1S/C49H51Cl6NO19/c1-23-27(70-38(61)32(58)31(25-14-10-8-11-15-25)56-39(62)44(5,6)75-40(56)63)19-47(66)36(73-37(60)26-16-12-9-13-17-26)34-45(7,35(59)33(30(23)43(47,3)4)72-42(65)69-22-49(53,54)55)28(71-41(64)68-21-48(50,51)52)18-29-46(34,20-67-29)74-24(2)57/h8-17,27-29,31-34,36,58,66H,18-22H2,1-7H3/t27-,28-,29+,31-,32+,33+,34+,36-,45+,46-,47+/m0/s1. The predicted octanol–water partition coefficient (Wildman–Crippen LogP) is 7.55. The van der Waals surface area contributed by atoms with Crippen LogP contribution in [0.4, 0.5) is 14.4 Å². The smallest absolute Gasteiger partial charge is 0.456 e. The Morgan fingerprint density at radius 2 is 1.37 bits per heavy atom. The molecule has 2 N–H and O–H groups in total. The lowest BCUT2D eigenvalue weighted by Gasteiger charge is -2.67. The topological polar surface area (TPSA) is 263 Å². The molecule has 3 aliphatic carbocycles. The second kappa shape index (κ2) is 21.0. The molecule has 2 aromatic carbocycles. The fraction of sp³-hybridized carbons (Fsp3) is 0.551. The number of alkyl halides is 6. The van der Waals surface area contributed by atoms with Crippen molar-refractivity contribution < 1.29 is 91.2 Å². The summed E-state index contributed by atoms with van der Waals surface area (Å²) in [5.41, 5.74) is -11.3. The Morgan fingerprint density at radius 1 is 0.813 bits per heavy atom. The Morgan fingerprint density at radius 3 is 1.88 bits per heavy atom. The lowest BCUT2D eigenvalue weighted by Crippen LogP contribution is -2.82. The number of fused-ring (bicyclic) bond motifs is 5. The number of aliphatic hydroxyl groups excluding tert-OH is 1. The number of cyclic esters (lactones) is 1. The molecule has 75 heavy (non-hydrogen) atoms. The largest absolute Gasteiger partial charge is 0.509 e. The van der Waals surface area contributed by atoms with Crippen LogP contribution < -0.4 is 0 Å². The number of rotatable bonds is 12. The lowest BCUT2D eigenvalue weighted by atomic mass is 9.44. The highest BCUT2D eigenvalue weighted by Crippen LogP contribution is 2.65. The van der Waals surface area contributed by atoms with Crippen LogP contribution in [-0.4, -0.2) is 144 Å². The molecule has 0 radical (unpaired) electrons. The van der Waals surface area contributed by atoms with Gasteiger partial charge in [-0.05, 0) is 56.5 Å². The van der Waals surface area contributed by atoms with E-state index in [0.29, 0.717) is 4.90 Å². The minimum atomic E-state index is -2.71. The minimum absolute atomic E-state index is 0.0762. The summed E-state index contributed by atoms with van der Waals surface area (Å²) in [4.78, 5) is 114. The molecule has 2 aliphatic heterocycles. The molecule has 0 unspecified atom stereocenters. The van der Waals surface area contributed by atoms with Crippen LogP contribution in [0.25, 0.3) is 0 Å². The summed E-state index contributed by atoms with van der Waals surface area (Å²) in [6.45, 7) is 6.74. The van der Waals surface area contributed by atoms with Crippen LogP contribution in [0.1, 0.15) is 83.3 Å². The number of nitrogens with zero attached hydrogens (tertiary/aromatic N) is 1. The van der Waals surface area contributed by atoms with Crippen LogP contribution >= 0.6 is 69.6 Å². The Bertz CT molecular complexity index is 2660. The molecule has 5 aliphatic rings. The average molecular weight is 1170 g/mol. The first-order chi connectivity index (χ1) is 34.7. The summed E-state index contributed by atoms with van der Waals surface area (Å²) in [5.74, 6) is -7.52. The van der Waals surface area contributed by atoms with E-state index < -0.39 is 164 Å². The maximum absolute atomic E-state index is 16.3. The average Bonchev–Trinajstić information content (AvgIpc) is 3.52. The number of Topliss-reactive ketones (excluding diaryl/α,β-unsaturated/α-hetero) is 1. The van der Waals surface area contributed by atoms with Crippen molar-refractivity contribution in [2.75, 3.05) is 19.8 Å². The molecule has 4 fully saturated rings. The van der Waals surface area contributed by atoms with Gasteiger partial charge in [0.05, 0.1) is 23.5 Å². The number of ether oxygens (including phenoxy) is 9. The molecule has 11 atom stereocenters. The van der Waals surface area contributed by atoms with E-state index in [0.717, 1.165) is 6.92 Å². The van der Waals surface area contributed by atoms with E-state index in [-0.39, 0.29) is 22.3 Å². The minimum Gasteiger partial charge on any atom is -0.456 e. The number of ketones is 1. The summed E-state index contributed by atoms with van der Waals surface area (Å²) >= 11 is 35.4. The molecule has 7 rings (SSSR count). The number of benzene rings is 2. The Labute approximate surface area is 459 Å². The van der Waals surface area contributed by atoms with Crippen molar-refractivity contribution in [3.05, 3.63) is 82.9 Å². The maximum atomic E-state index is 16.3. The summed E-state index contributed by atoms with van der Waals surface area (Å²) in [6.07, 6.45) is -17.3. The van der Waals surface area contributed by atoms with Crippen LogP contribution in [-0.2, 0) is 61.8 Å². The quantitative estimate of drug-likeness (QED) is 0.0899. The molecule has 2 saturated carbocycles. The number of carbonyl (C=O) groups is 8. The van der Waals surface area contributed by atoms with Crippen molar-refractivity contribution >= 4 is 118 Å². The van der Waals surface area contributed by atoms with Gasteiger partial charge in [0.25, 0.3) is 5.91 Å². The molecule has 408 valence electrons. The summed E-state index contributed by atoms with van der Waals surface area (Å²) < 4.78 is 47.7. The van der Waals surface area contributed by atoms with E-state index in [1.807, 2.05) is 0 Å². The van der Waals surface area contributed by atoms with Crippen molar-refractivity contribution in [2.24, 2.45) is 16.7 Å². The first-order valence-electron chi connectivity index (χ1n) is 23.1. The van der Waals surface area contributed by atoms with Gasteiger partial charge in [-0.1, -0.05) is 132 Å². The molecule has 2 heterocycles. The number of esters is 3. The summed E-state index contributed by atoms with van der Waals surface area (Å²) in [6, 6.07) is 13.1. The van der Waals surface area contributed by atoms with Gasteiger partial charge in [-0.25, -0.2) is 28.9 Å². The van der Waals surface area contributed by atoms with Gasteiger partial charge in [-0.2, -0.15) is 0 Å². The second-order valence-corrected chi connectivity index (χ2v) is 25.0. The number of imide groups is 1. The van der Waals surface area contributed by atoms with Gasteiger partial charge < -0.3 is 52.8 Å². The molecule has 2 bridgehead atoms. The zero-order chi connectivity index (χ0) is 55.6. The van der Waals surface area contributed by atoms with Gasteiger partial charge >= 0.3 is 36.3 Å². The molecule has 2 aromatic rings. The van der Waals surface area contributed by atoms with Crippen molar-refractivity contribution in [3.63, 3.8) is 0 Å². The fourth-order valence-electron chi connectivity index (χ4n) is 10.9. The monoisotopic (exact) mass is 1170 g/mol. The molecular formula is C49H51Cl6NO19. The SMILES string of the molecule is CC(=O)O[C@@]12CO[C@@H]1C[C@H](OC(=O)OCC(Cl)(Cl)Cl)[C@@]1(C)C(=O)[C@H](OC(=O)OCC(Cl)(Cl)Cl)C3=C(C)[C@@H](OC(=O)[C@H](O)[C@H](c4ccccc4)N4C(=O)OC(C)(C)C4=O)C[C@@](O)([C@@H](OC(=O)c4ccccc4)[C@@H]21)C3(C)C. The van der Waals surface area contributed by atoms with E-state index in [4.69, 9.17) is 112 Å². The molecule has 0 aromatic heterocycles. The Kier molecular flexibility index (Phi) is 16.2. The molecule has 20 nitrogen and oxygen atoms in total. The van der Waals surface area contributed by atoms with Crippen LogP contribution in [0, 0.1) is 16.7 Å². The first-order valence-corrected chi connectivity index (χ1v) is 25.3. The van der Waals surface area contributed by atoms with E-state index in [9.17, 15) is 43.8 Å². The molecule has 2 amide bonds. The van der Waals surface area contributed by atoms with E-state index in [1.165, 1.54) is 90.1 Å². The van der Waals surface area contributed by atoms with E-state index >= 15 is 4.79 Å². The third-order valence-corrected chi connectivity index (χ3v) is 15.2. The number of amides is 2. The number of carbonyl (C=O) groups excluding carboxylic acids is 8. The van der Waals surface area contributed by atoms with Crippen molar-refractivity contribution in [1.29, 1.82) is 0 Å². The zero-order valence-corrected chi connectivity index (χ0v) is 45.5. The molecule has 2 saturated heterocycles. The zero-order valence-electron chi connectivity index (χ0n) is 41.0. The van der Waals surface area contributed by atoms with Crippen LogP contribution in [0.3, 0.4) is 0 Å². The van der Waals surface area contributed by atoms with Crippen LogP contribution in [0.15, 0.2) is 71.8 Å². The fourth-order valence-corrected chi connectivity index (χ4v) is 11.3. The Hall–Kier alpha value is -4.64. The van der Waals surface area contributed by atoms with Crippen molar-refractivity contribution in [1.82, 2.24) is 4.90 Å². The van der Waals surface area contributed by atoms with Gasteiger partial charge in [-0.15, -0.1) is 0 Å². The summed E-state index contributed by atoms with van der Waals surface area (Å²) in [7, 11) is 0. The van der Waals surface area contributed by atoms with Gasteiger partial charge in [0.2, 0.25) is 7.59 Å². The molecular weight excluding hydrogens is 1120 g/mol. The number of hydrogen-bond donors (Lipinski definition) is 2. The van der Waals surface area contributed by atoms with E-state index in [1.54, 1.807) is 12.1 Å².